The number of nitrogens with two attached hydrogens (primary N) is 1. The van der Waals surface area contributed by atoms with Crippen molar-refractivity contribution in [1.29, 1.82) is 0 Å². The van der Waals surface area contributed by atoms with E-state index in [1.165, 1.54) is 16.9 Å². The molecule has 5 heteroatoms. The van der Waals surface area contributed by atoms with E-state index < -0.39 is 0 Å². The van der Waals surface area contributed by atoms with Crippen LogP contribution in [0, 0.1) is 0 Å². The summed E-state index contributed by atoms with van der Waals surface area (Å²) in [6, 6.07) is 6.08. The molecule has 0 aliphatic rings. The third kappa shape index (κ3) is 3.23. The summed E-state index contributed by atoms with van der Waals surface area (Å²) in [6.07, 6.45) is 1.76. The Balaban J connectivity index is 2.13. The highest BCUT2D eigenvalue weighted by Crippen LogP contribution is 2.30. The van der Waals surface area contributed by atoms with Crippen molar-refractivity contribution in [1.82, 2.24) is 4.98 Å². The molecule has 3 nitrogen and oxygen atoms in total. The maximum atomic E-state index is 5.85. The van der Waals surface area contributed by atoms with Crippen LogP contribution in [-0.4, -0.2) is 4.98 Å². The maximum Gasteiger partial charge on any atom is 0.180 e. The average Bonchev–Trinajstić information content (AvgIpc) is 2.73. The lowest BCUT2D eigenvalue weighted by molar-refractivity contribution is 0.305. The molecule has 1 heterocycles. The fraction of sp³-hybridized carbons (Fsp3) is 0.308. The number of hydrogen-bond donors (Lipinski definition) is 1. The SMILES string of the molecule is CC(C)c1cc(Br)ccc1OCc1cnc(N)s1. The van der Waals surface area contributed by atoms with E-state index in [0.717, 1.165) is 15.1 Å². The van der Waals surface area contributed by atoms with Crippen molar-refractivity contribution in [2.45, 2.75) is 26.4 Å². The summed E-state index contributed by atoms with van der Waals surface area (Å²) in [6.45, 7) is 4.81. The second kappa shape index (κ2) is 5.71. The molecule has 0 saturated heterocycles. The van der Waals surface area contributed by atoms with Gasteiger partial charge in [0, 0.05) is 10.7 Å². The van der Waals surface area contributed by atoms with E-state index in [0.29, 0.717) is 17.7 Å². The fourth-order valence-electron chi connectivity index (χ4n) is 1.64. The molecule has 0 spiro atoms. The molecule has 1 aromatic carbocycles. The van der Waals surface area contributed by atoms with Crippen LogP contribution in [0.25, 0.3) is 0 Å². The summed E-state index contributed by atoms with van der Waals surface area (Å²) in [5, 5.41) is 0.577. The van der Waals surface area contributed by atoms with E-state index in [1.54, 1.807) is 6.20 Å². The van der Waals surface area contributed by atoms with Gasteiger partial charge in [-0.15, -0.1) is 0 Å². The molecule has 0 radical (unpaired) electrons. The zero-order valence-electron chi connectivity index (χ0n) is 10.3. The molecule has 2 N–H and O–H groups in total. The second-order valence-corrected chi connectivity index (χ2v) is 6.35. The zero-order valence-corrected chi connectivity index (χ0v) is 12.7. The molecule has 0 aliphatic carbocycles. The molecule has 0 saturated carbocycles. The summed E-state index contributed by atoms with van der Waals surface area (Å²) in [7, 11) is 0. The number of rotatable bonds is 4. The molecule has 96 valence electrons. The van der Waals surface area contributed by atoms with Gasteiger partial charge in [0.15, 0.2) is 5.13 Å². The standard InChI is InChI=1S/C13H15BrN2OS/c1-8(2)11-5-9(14)3-4-12(11)17-7-10-6-16-13(15)18-10/h3-6,8H,7H2,1-2H3,(H2,15,16). The molecule has 2 aromatic rings. The van der Waals surface area contributed by atoms with Gasteiger partial charge in [0.2, 0.25) is 0 Å². The third-order valence-electron chi connectivity index (χ3n) is 2.54. The number of hydrogen-bond acceptors (Lipinski definition) is 4. The number of thiazole rings is 1. The molecule has 0 bridgehead atoms. The third-order valence-corrected chi connectivity index (χ3v) is 3.83. The Bertz CT molecular complexity index is 540. The molecule has 1 aromatic heterocycles. The number of anilines is 1. The van der Waals surface area contributed by atoms with Gasteiger partial charge >= 0.3 is 0 Å². The van der Waals surface area contributed by atoms with Gasteiger partial charge < -0.3 is 10.5 Å². The van der Waals surface area contributed by atoms with Crippen LogP contribution in [-0.2, 0) is 6.61 Å². The highest BCUT2D eigenvalue weighted by Gasteiger charge is 2.09. The van der Waals surface area contributed by atoms with Crippen LogP contribution in [0.3, 0.4) is 0 Å². The average molecular weight is 327 g/mol. The van der Waals surface area contributed by atoms with E-state index in [9.17, 15) is 0 Å². The Morgan fingerprint density at radius 3 is 2.83 bits per heavy atom. The molecule has 0 fully saturated rings. The highest BCUT2D eigenvalue weighted by molar-refractivity contribution is 9.10. The first-order chi connectivity index (χ1) is 8.56. The largest absolute Gasteiger partial charge is 0.488 e. The summed E-state index contributed by atoms with van der Waals surface area (Å²) < 4.78 is 6.92. The topological polar surface area (TPSA) is 48.1 Å². The van der Waals surface area contributed by atoms with Gasteiger partial charge in [-0.25, -0.2) is 4.98 Å². The number of benzene rings is 1. The lowest BCUT2D eigenvalue weighted by Crippen LogP contribution is -1.98. The second-order valence-electron chi connectivity index (χ2n) is 4.29. The number of aromatic nitrogens is 1. The van der Waals surface area contributed by atoms with E-state index in [1.807, 2.05) is 12.1 Å². The summed E-state index contributed by atoms with van der Waals surface area (Å²) in [5.74, 6) is 1.34. The Labute approximate surface area is 119 Å². The Kier molecular flexibility index (Phi) is 4.24. The van der Waals surface area contributed by atoms with E-state index in [-0.39, 0.29) is 0 Å². The number of nitrogens with zero attached hydrogens (tertiary/aromatic N) is 1. The number of halogens is 1. The van der Waals surface area contributed by atoms with Crippen LogP contribution in [0.5, 0.6) is 5.75 Å². The van der Waals surface area contributed by atoms with E-state index in [2.05, 4.69) is 40.8 Å². The first kappa shape index (κ1) is 13.4. The van der Waals surface area contributed by atoms with Crippen LogP contribution in [0.4, 0.5) is 5.13 Å². The van der Waals surface area contributed by atoms with Crippen molar-refractivity contribution in [3.05, 3.63) is 39.3 Å². The van der Waals surface area contributed by atoms with E-state index in [4.69, 9.17) is 10.5 Å². The van der Waals surface area contributed by atoms with Crippen LogP contribution in [0.1, 0.15) is 30.2 Å². The first-order valence-corrected chi connectivity index (χ1v) is 7.29. The quantitative estimate of drug-likeness (QED) is 0.916. The summed E-state index contributed by atoms with van der Waals surface area (Å²) in [5.41, 5.74) is 6.79. The predicted molar refractivity (Wildman–Crippen MR) is 79.1 cm³/mol. The van der Waals surface area contributed by atoms with Crippen molar-refractivity contribution >= 4 is 32.4 Å². The van der Waals surface area contributed by atoms with Gasteiger partial charge in [-0.1, -0.05) is 41.1 Å². The molecular weight excluding hydrogens is 312 g/mol. The van der Waals surface area contributed by atoms with Gasteiger partial charge in [0.1, 0.15) is 12.4 Å². The molecule has 0 unspecified atom stereocenters. The molecule has 0 amide bonds. The van der Waals surface area contributed by atoms with E-state index >= 15 is 0 Å². The highest BCUT2D eigenvalue weighted by atomic mass is 79.9. The Morgan fingerprint density at radius 2 is 2.22 bits per heavy atom. The maximum absolute atomic E-state index is 5.85. The van der Waals surface area contributed by atoms with Crippen molar-refractivity contribution in [2.75, 3.05) is 5.73 Å². The van der Waals surface area contributed by atoms with Crippen LogP contribution < -0.4 is 10.5 Å². The van der Waals surface area contributed by atoms with Gasteiger partial charge in [0.25, 0.3) is 0 Å². The van der Waals surface area contributed by atoms with Gasteiger partial charge in [0.05, 0.1) is 4.88 Å². The molecule has 0 aliphatic heterocycles. The summed E-state index contributed by atoms with van der Waals surface area (Å²) in [4.78, 5) is 5.04. The Hall–Kier alpha value is -1.07. The minimum Gasteiger partial charge on any atom is -0.488 e. The number of ether oxygens (including phenoxy) is 1. The molecule has 0 atom stereocenters. The van der Waals surface area contributed by atoms with Crippen LogP contribution >= 0.6 is 27.3 Å². The molecular formula is C13H15BrN2OS. The first-order valence-electron chi connectivity index (χ1n) is 5.68. The predicted octanol–water partition coefficient (Wildman–Crippen LogP) is 4.19. The minimum absolute atomic E-state index is 0.420. The Morgan fingerprint density at radius 1 is 1.44 bits per heavy atom. The summed E-state index contributed by atoms with van der Waals surface area (Å²) >= 11 is 4.94. The van der Waals surface area contributed by atoms with Crippen LogP contribution in [0.15, 0.2) is 28.9 Å². The van der Waals surface area contributed by atoms with Gasteiger partial charge in [-0.3, -0.25) is 0 Å². The van der Waals surface area contributed by atoms with Crippen LogP contribution in [0.2, 0.25) is 0 Å². The van der Waals surface area contributed by atoms with Gasteiger partial charge in [-0.2, -0.15) is 0 Å². The fourth-order valence-corrected chi connectivity index (χ4v) is 2.62. The molecule has 18 heavy (non-hydrogen) atoms. The molecule has 2 rings (SSSR count). The zero-order chi connectivity index (χ0) is 13.1. The lowest BCUT2D eigenvalue weighted by atomic mass is 10.0. The van der Waals surface area contributed by atoms with Crippen molar-refractivity contribution in [2.24, 2.45) is 0 Å². The van der Waals surface area contributed by atoms with Crippen molar-refractivity contribution < 1.29 is 4.74 Å². The monoisotopic (exact) mass is 326 g/mol. The van der Waals surface area contributed by atoms with Crippen molar-refractivity contribution in [3.63, 3.8) is 0 Å². The van der Waals surface area contributed by atoms with Gasteiger partial charge in [-0.05, 0) is 29.7 Å². The lowest BCUT2D eigenvalue weighted by Gasteiger charge is -2.13. The minimum atomic E-state index is 0.420. The van der Waals surface area contributed by atoms with Crippen molar-refractivity contribution in [3.8, 4) is 5.75 Å². The smallest absolute Gasteiger partial charge is 0.180 e. The number of nitrogen functional groups attached to an aromatic ring is 1. The normalized spacial score (nSPS) is 10.9.